The van der Waals surface area contributed by atoms with E-state index in [2.05, 4.69) is 48.5 Å². The summed E-state index contributed by atoms with van der Waals surface area (Å²) >= 11 is 0. The van der Waals surface area contributed by atoms with E-state index in [0.29, 0.717) is 28.8 Å². The van der Waals surface area contributed by atoms with E-state index in [-0.39, 0.29) is 34.4 Å². The van der Waals surface area contributed by atoms with Gasteiger partial charge in [0.25, 0.3) is 0 Å². The largest absolute Gasteiger partial charge is 0.396 e. The summed E-state index contributed by atoms with van der Waals surface area (Å²) in [7, 11) is 1.91. The maximum atomic E-state index is 11.0. The maximum absolute atomic E-state index is 11.0. The van der Waals surface area contributed by atoms with Crippen LogP contribution in [0.3, 0.4) is 0 Å². The second kappa shape index (κ2) is 7.57. The van der Waals surface area contributed by atoms with Crippen molar-refractivity contribution in [1.29, 1.82) is 0 Å². The summed E-state index contributed by atoms with van der Waals surface area (Å²) in [4.78, 5) is 0. The normalized spacial score (nSPS) is 54.5. The van der Waals surface area contributed by atoms with Crippen molar-refractivity contribution in [3.8, 4) is 0 Å². The molecule has 0 saturated heterocycles. The lowest BCUT2D eigenvalue weighted by Crippen LogP contribution is -2.65. The fourth-order valence-corrected chi connectivity index (χ4v) is 11.0. The number of hydrogen-bond donors (Lipinski definition) is 2. The predicted octanol–water partition coefficient (Wildman–Crippen LogP) is 6.91. The predicted molar refractivity (Wildman–Crippen MR) is 138 cm³/mol. The smallest absolute Gasteiger partial charge is 0.0633 e. The first-order valence-corrected chi connectivity index (χ1v) is 14.3. The first-order valence-electron chi connectivity index (χ1n) is 14.3. The van der Waals surface area contributed by atoms with E-state index in [9.17, 15) is 10.2 Å². The Morgan fingerprint density at radius 3 is 2.21 bits per heavy atom. The molecular weight excluding hydrogens is 420 g/mol. The van der Waals surface area contributed by atoms with Gasteiger partial charge in [-0.15, -0.1) is 0 Å². The minimum absolute atomic E-state index is 0.110. The lowest BCUT2D eigenvalue weighted by atomic mass is 9.34. The summed E-state index contributed by atoms with van der Waals surface area (Å²) in [6.45, 7) is 17.5. The van der Waals surface area contributed by atoms with Crippen molar-refractivity contribution in [2.24, 2.45) is 44.3 Å². The molecule has 0 aromatic heterocycles. The Balaban J connectivity index is 1.58. The van der Waals surface area contributed by atoms with Crippen molar-refractivity contribution >= 4 is 0 Å². The molecule has 5 aliphatic carbocycles. The third-order valence-electron chi connectivity index (χ3n) is 13.5. The summed E-state index contributed by atoms with van der Waals surface area (Å²) < 4.78 is 6.04. The molecule has 0 amide bonds. The zero-order valence-electron chi connectivity index (χ0n) is 23.4. The molecule has 0 heterocycles. The highest BCUT2D eigenvalue weighted by atomic mass is 16.5. The van der Waals surface area contributed by atoms with E-state index in [4.69, 9.17) is 4.74 Å². The molecule has 0 aromatic carbocycles. The molecule has 194 valence electrons. The Bertz CT molecular complexity index is 876. The first-order chi connectivity index (χ1) is 15.7. The highest BCUT2D eigenvalue weighted by Gasteiger charge is 2.68. The second-order valence-electron chi connectivity index (χ2n) is 15.3. The minimum atomic E-state index is -0.370. The molecule has 0 bridgehead atoms. The zero-order chi connectivity index (χ0) is 24.9. The standard InChI is InChI=1S/C31H52O3/c1-26(2)17-21-20-9-10-23-28(4)13-12-24(33)29(5,19-32)22(28)11-14-31(23,7)30(20,6)16-15-27(21,3)18-25(26)34-8/h22-25,32-33H,9-19H2,1-8H3/t22-,23-,24+,25-,27+,28+,29-,30-,31-/m1/s1. The van der Waals surface area contributed by atoms with Gasteiger partial charge in [-0.05, 0) is 103 Å². The summed E-state index contributed by atoms with van der Waals surface area (Å²) in [5, 5.41) is 21.4. The van der Waals surface area contributed by atoms with Crippen LogP contribution >= 0.6 is 0 Å². The topological polar surface area (TPSA) is 49.7 Å². The number of allylic oxidation sites excluding steroid dienone is 2. The number of fused-ring (bicyclic) bond motifs is 6. The Morgan fingerprint density at radius 1 is 0.853 bits per heavy atom. The quantitative estimate of drug-likeness (QED) is 0.429. The highest BCUT2D eigenvalue weighted by molar-refractivity contribution is 5.38. The van der Waals surface area contributed by atoms with Gasteiger partial charge in [-0.25, -0.2) is 0 Å². The summed E-state index contributed by atoms with van der Waals surface area (Å²) in [5.41, 5.74) is 4.51. The minimum Gasteiger partial charge on any atom is -0.396 e. The van der Waals surface area contributed by atoms with Crippen molar-refractivity contribution in [2.75, 3.05) is 13.7 Å². The summed E-state index contributed by atoms with van der Waals surface area (Å²) in [6.07, 6.45) is 11.8. The zero-order valence-corrected chi connectivity index (χ0v) is 23.4. The first kappa shape index (κ1) is 25.3. The van der Waals surface area contributed by atoms with Crippen LogP contribution in [0, 0.1) is 44.3 Å². The SMILES string of the molecule is CO[C@@H]1C[C@]2(C)CC[C@]3(C)C(=C2CC1(C)C)CC[C@@H]1[C@@]2(C)CC[C@H](O)[C@](C)(CO)[C@@H]2CC[C@]13C. The van der Waals surface area contributed by atoms with Crippen molar-refractivity contribution in [2.45, 2.75) is 125 Å². The van der Waals surface area contributed by atoms with Gasteiger partial charge in [0.05, 0.1) is 18.8 Å². The third kappa shape index (κ3) is 2.99. The molecular formula is C31H52O3. The molecule has 9 atom stereocenters. The molecule has 5 rings (SSSR count). The summed E-state index contributed by atoms with van der Waals surface area (Å²) in [5.74, 6) is 1.08. The monoisotopic (exact) mass is 472 g/mol. The molecule has 0 aromatic rings. The number of methoxy groups -OCH3 is 1. The van der Waals surface area contributed by atoms with E-state index in [0.717, 1.165) is 25.7 Å². The van der Waals surface area contributed by atoms with Crippen molar-refractivity contribution in [3.05, 3.63) is 11.1 Å². The van der Waals surface area contributed by atoms with Crippen LogP contribution in [0.5, 0.6) is 0 Å². The van der Waals surface area contributed by atoms with Crippen LogP contribution < -0.4 is 0 Å². The van der Waals surface area contributed by atoms with Gasteiger partial charge in [0.15, 0.2) is 0 Å². The van der Waals surface area contributed by atoms with Crippen molar-refractivity contribution in [1.82, 2.24) is 0 Å². The molecule has 2 N–H and O–H groups in total. The molecule has 5 aliphatic rings. The van der Waals surface area contributed by atoms with Gasteiger partial charge in [0.1, 0.15) is 0 Å². The van der Waals surface area contributed by atoms with E-state index in [1.807, 2.05) is 12.7 Å². The highest BCUT2D eigenvalue weighted by Crippen LogP contribution is 2.75. The number of rotatable bonds is 2. The molecule has 3 heteroatoms. The average Bonchev–Trinajstić information content (AvgIpc) is 2.77. The number of aliphatic hydroxyl groups excluding tert-OH is 2. The summed E-state index contributed by atoms with van der Waals surface area (Å²) in [6, 6.07) is 0. The maximum Gasteiger partial charge on any atom is 0.0633 e. The van der Waals surface area contributed by atoms with Gasteiger partial charge in [-0.3, -0.25) is 0 Å². The average molecular weight is 473 g/mol. The lowest BCUT2D eigenvalue weighted by molar-refractivity contribution is -0.217. The Morgan fingerprint density at radius 2 is 1.56 bits per heavy atom. The van der Waals surface area contributed by atoms with Gasteiger partial charge in [-0.2, -0.15) is 0 Å². The molecule has 3 nitrogen and oxygen atoms in total. The molecule has 0 unspecified atom stereocenters. The van der Waals surface area contributed by atoms with E-state index in [1.54, 1.807) is 5.57 Å². The molecule has 34 heavy (non-hydrogen) atoms. The number of aliphatic hydroxyl groups is 2. The lowest BCUT2D eigenvalue weighted by Gasteiger charge is -2.71. The van der Waals surface area contributed by atoms with Crippen LogP contribution in [0.15, 0.2) is 11.1 Å². The van der Waals surface area contributed by atoms with E-state index < -0.39 is 0 Å². The van der Waals surface area contributed by atoms with Crippen molar-refractivity contribution in [3.63, 3.8) is 0 Å². The van der Waals surface area contributed by atoms with Crippen LogP contribution in [0.1, 0.15) is 113 Å². The number of ether oxygens (including phenoxy) is 1. The van der Waals surface area contributed by atoms with E-state index >= 15 is 0 Å². The Hall–Kier alpha value is -0.380. The van der Waals surface area contributed by atoms with Gasteiger partial charge >= 0.3 is 0 Å². The second-order valence-corrected chi connectivity index (χ2v) is 15.3. The fraction of sp³-hybridized carbons (Fsp3) is 0.935. The Kier molecular flexibility index (Phi) is 5.63. The third-order valence-corrected chi connectivity index (χ3v) is 13.5. The van der Waals surface area contributed by atoms with Crippen LogP contribution in [-0.4, -0.2) is 36.1 Å². The number of hydrogen-bond acceptors (Lipinski definition) is 3. The van der Waals surface area contributed by atoms with E-state index in [1.165, 1.54) is 38.5 Å². The van der Waals surface area contributed by atoms with Crippen molar-refractivity contribution < 1.29 is 14.9 Å². The molecule has 0 aliphatic heterocycles. The molecule has 0 radical (unpaired) electrons. The van der Waals surface area contributed by atoms with Crippen LogP contribution in [-0.2, 0) is 4.74 Å². The fourth-order valence-electron chi connectivity index (χ4n) is 11.0. The Labute approximate surface area is 209 Å². The molecule has 4 saturated carbocycles. The van der Waals surface area contributed by atoms with Gasteiger partial charge in [-0.1, -0.05) is 59.6 Å². The van der Waals surface area contributed by atoms with Gasteiger partial charge in [0, 0.05) is 12.5 Å². The van der Waals surface area contributed by atoms with Crippen LogP contribution in [0.25, 0.3) is 0 Å². The van der Waals surface area contributed by atoms with Crippen LogP contribution in [0.2, 0.25) is 0 Å². The van der Waals surface area contributed by atoms with Gasteiger partial charge in [0.2, 0.25) is 0 Å². The molecule has 0 spiro atoms. The van der Waals surface area contributed by atoms with Crippen LogP contribution in [0.4, 0.5) is 0 Å². The van der Waals surface area contributed by atoms with Gasteiger partial charge < -0.3 is 14.9 Å². The molecule has 4 fully saturated rings.